The Labute approximate surface area is 126 Å². The highest BCUT2D eigenvalue weighted by Gasteiger charge is 2.32. The highest BCUT2D eigenvalue weighted by molar-refractivity contribution is 6.31. The van der Waals surface area contributed by atoms with Crippen LogP contribution in [-0.2, 0) is 11.8 Å². The minimum Gasteiger partial charge on any atom is -0.370 e. The second-order valence-corrected chi connectivity index (χ2v) is 5.51. The second kappa shape index (κ2) is 5.87. The van der Waals surface area contributed by atoms with Gasteiger partial charge >= 0.3 is 0 Å². The first-order chi connectivity index (χ1) is 10.1. The molecule has 2 aromatic heterocycles. The van der Waals surface area contributed by atoms with Crippen molar-refractivity contribution in [3.8, 4) is 0 Å². The third kappa shape index (κ3) is 2.93. The van der Waals surface area contributed by atoms with Gasteiger partial charge in [-0.2, -0.15) is 5.10 Å². The lowest BCUT2D eigenvalue weighted by Crippen LogP contribution is -2.31. The second-order valence-electron chi connectivity index (χ2n) is 5.08. The van der Waals surface area contributed by atoms with Crippen LogP contribution in [0, 0.1) is 5.92 Å². The maximum absolute atomic E-state index is 12.2. The Kier molecular flexibility index (Phi) is 3.94. The average molecular weight is 310 g/mol. The van der Waals surface area contributed by atoms with Crippen molar-refractivity contribution < 1.29 is 9.53 Å². The fourth-order valence-electron chi connectivity index (χ4n) is 2.56. The number of carbonyl (C=O) groups excluding carboxylic acids is 1. The largest absolute Gasteiger partial charge is 0.370 e. The Morgan fingerprint density at radius 2 is 2.52 bits per heavy atom. The number of aryl methyl sites for hydroxylation is 1. The predicted molar refractivity (Wildman–Crippen MR) is 75.9 cm³/mol. The van der Waals surface area contributed by atoms with E-state index in [1.54, 1.807) is 23.9 Å². The highest BCUT2D eigenvalue weighted by Crippen LogP contribution is 2.31. The van der Waals surface area contributed by atoms with Gasteiger partial charge < -0.3 is 14.6 Å². The number of nitrogens with one attached hydrogen (secondary N) is 2. The zero-order valence-electron chi connectivity index (χ0n) is 11.5. The van der Waals surface area contributed by atoms with Gasteiger partial charge in [-0.05, 0) is 12.5 Å². The molecule has 0 aliphatic carbocycles. The van der Waals surface area contributed by atoms with Crippen molar-refractivity contribution >= 4 is 17.5 Å². The first-order valence-corrected chi connectivity index (χ1v) is 7.10. The van der Waals surface area contributed by atoms with E-state index in [1.807, 2.05) is 0 Å². The van der Waals surface area contributed by atoms with Crippen LogP contribution in [0.1, 0.15) is 28.8 Å². The van der Waals surface area contributed by atoms with E-state index in [4.69, 9.17) is 16.3 Å². The van der Waals surface area contributed by atoms with Gasteiger partial charge in [-0.3, -0.25) is 9.89 Å². The van der Waals surface area contributed by atoms with Gasteiger partial charge in [0.2, 0.25) is 0 Å². The molecule has 1 aliphatic heterocycles. The summed E-state index contributed by atoms with van der Waals surface area (Å²) in [6.07, 6.45) is 3.88. The third-order valence-corrected chi connectivity index (χ3v) is 3.85. The molecule has 0 bridgehead atoms. The molecule has 2 atom stereocenters. The Hall–Kier alpha value is -1.86. The Bertz CT molecular complexity index is 625. The summed E-state index contributed by atoms with van der Waals surface area (Å²) in [6.45, 7) is 1.18. The number of hydrogen-bond acceptors (Lipinski definition) is 4. The maximum Gasteiger partial charge on any atom is 0.267 e. The molecule has 0 aromatic carbocycles. The number of halogens is 1. The summed E-state index contributed by atoms with van der Waals surface area (Å²) in [6, 6.07) is 1.65. The summed E-state index contributed by atoms with van der Waals surface area (Å²) in [5.41, 5.74) is 0.537. The van der Waals surface area contributed by atoms with Crippen molar-refractivity contribution in [2.24, 2.45) is 13.0 Å². The number of aromatic nitrogens is 4. The molecule has 0 saturated carbocycles. The van der Waals surface area contributed by atoms with Gasteiger partial charge in [-0.25, -0.2) is 4.98 Å². The molecule has 0 spiro atoms. The Morgan fingerprint density at radius 1 is 1.67 bits per heavy atom. The first kappa shape index (κ1) is 14.1. The van der Waals surface area contributed by atoms with Crippen LogP contribution in [0.5, 0.6) is 0 Å². The molecular weight excluding hydrogens is 294 g/mol. The van der Waals surface area contributed by atoms with Gasteiger partial charge in [-0.15, -0.1) is 0 Å². The average Bonchev–Trinajstić information content (AvgIpc) is 3.15. The van der Waals surface area contributed by atoms with Gasteiger partial charge in [0.15, 0.2) is 5.82 Å². The van der Waals surface area contributed by atoms with Gasteiger partial charge in [0.25, 0.3) is 5.91 Å². The summed E-state index contributed by atoms with van der Waals surface area (Å²) >= 11 is 5.89. The fourth-order valence-corrected chi connectivity index (χ4v) is 2.81. The molecule has 1 aliphatic rings. The van der Waals surface area contributed by atoms with Crippen molar-refractivity contribution in [3.05, 3.63) is 35.1 Å². The Morgan fingerprint density at radius 3 is 3.19 bits per heavy atom. The molecule has 21 heavy (non-hydrogen) atoms. The minimum absolute atomic E-state index is 0.146. The monoisotopic (exact) mass is 309 g/mol. The molecule has 1 saturated heterocycles. The smallest absolute Gasteiger partial charge is 0.267 e. The minimum atomic E-state index is -0.148. The molecule has 0 radical (unpaired) electrons. The summed E-state index contributed by atoms with van der Waals surface area (Å²) in [5, 5.41) is 10.1. The standard InChI is InChI=1S/C13H16ClN5O2/c1-19-6-9(14)4-10(19)13(20)15-5-8-2-3-21-11(8)12-16-7-17-18-12/h4,6-8,11H,2-3,5H2,1H3,(H,15,20)(H,16,17,18)/t8-,11-/m0/s1. The molecule has 112 valence electrons. The van der Waals surface area contributed by atoms with Crippen molar-refractivity contribution in [2.75, 3.05) is 13.2 Å². The van der Waals surface area contributed by atoms with Crippen LogP contribution in [0.4, 0.5) is 0 Å². The summed E-state index contributed by atoms with van der Waals surface area (Å²) in [7, 11) is 1.79. The lowest BCUT2D eigenvalue weighted by Gasteiger charge is -2.16. The quantitative estimate of drug-likeness (QED) is 0.891. The lowest BCUT2D eigenvalue weighted by atomic mass is 10.0. The van der Waals surface area contributed by atoms with E-state index in [9.17, 15) is 4.79 Å². The predicted octanol–water partition coefficient (Wildman–Crippen LogP) is 1.30. The fraction of sp³-hybridized carbons (Fsp3) is 0.462. The van der Waals surface area contributed by atoms with E-state index in [-0.39, 0.29) is 17.9 Å². The maximum atomic E-state index is 12.2. The van der Waals surface area contributed by atoms with E-state index in [0.717, 1.165) is 6.42 Å². The molecule has 3 heterocycles. The zero-order chi connectivity index (χ0) is 14.8. The van der Waals surface area contributed by atoms with E-state index in [2.05, 4.69) is 20.5 Å². The van der Waals surface area contributed by atoms with Crippen molar-refractivity contribution in [3.63, 3.8) is 0 Å². The number of H-pyrrole nitrogens is 1. The Balaban J connectivity index is 1.62. The number of nitrogens with zero attached hydrogens (tertiary/aromatic N) is 3. The number of aromatic amines is 1. The van der Waals surface area contributed by atoms with Crippen LogP contribution in [-0.4, -0.2) is 38.8 Å². The summed E-state index contributed by atoms with van der Waals surface area (Å²) in [4.78, 5) is 16.3. The van der Waals surface area contributed by atoms with E-state index in [1.165, 1.54) is 6.33 Å². The van der Waals surface area contributed by atoms with Crippen molar-refractivity contribution in [2.45, 2.75) is 12.5 Å². The molecule has 0 unspecified atom stereocenters. The number of rotatable bonds is 4. The molecule has 1 amide bonds. The van der Waals surface area contributed by atoms with Crippen LogP contribution in [0.3, 0.4) is 0 Å². The SMILES string of the molecule is Cn1cc(Cl)cc1C(=O)NC[C@@H]1CCO[C@@H]1c1ncn[nH]1. The third-order valence-electron chi connectivity index (χ3n) is 3.65. The molecule has 2 aromatic rings. The molecule has 1 fully saturated rings. The normalized spacial score (nSPS) is 21.6. The van der Waals surface area contributed by atoms with Crippen LogP contribution < -0.4 is 5.32 Å². The molecule has 8 heteroatoms. The van der Waals surface area contributed by atoms with E-state index >= 15 is 0 Å². The summed E-state index contributed by atoms with van der Waals surface area (Å²) < 4.78 is 7.37. The van der Waals surface area contributed by atoms with Gasteiger partial charge in [0.05, 0.1) is 5.02 Å². The first-order valence-electron chi connectivity index (χ1n) is 6.72. The van der Waals surface area contributed by atoms with E-state index in [0.29, 0.717) is 29.7 Å². The van der Waals surface area contributed by atoms with Crippen molar-refractivity contribution in [1.82, 2.24) is 25.1 Å². The molecule has 3 rings (SSSR count). The van der Waals surface area contributed by atoms with Gasteiger partial charge in [0, 0.05) is 32.3 Å². The zero-order valence-corrected chi connectivity index (χ0v) is 12.3. The summed E-state index contributed by atoms with van der Waals surface area (Å²) in [5.74, 6) is 0.735. The van der Waals surface area contributed by atoms with E-state index < -0.39 is 0 Å². The van der Waals surface area contributed by atoms with Crippen LogP contribution >= 0.6 is 11.6 Å². The number of carbonyl (C=O) groups is 1. The number of amides is 1. The molecular formula is C13H16ClN5O2. The van der Waals surface area contributed by atoms with Gasteiger partial charge in [0.1, 0.15) is 18.1 Å². The highest BCUT2D eigenvalue weighted by atomic mass is 35.5. The van der Waals surface area contributed by atoms with Crippen LogP contribution in [0.2, 0.25) is 5.02 Å². The van der Waals surface area contributed by atoms with Crippen LogP contribution in [0.25, 0.3) is 0 Å². The van der Waals surface area contributed by atoms with Gasteiger partial charge in [-0.1, -0.05) is 11.6 Å². The number of ether oxygens (including phenoxy) is 1. The molecule has 7 nitrogen and oxygen atoms in total. The lowest BCUT2D eigenvalue weighted by molar-refractivity contribution is 0.0796. The number of hydrogen-bond donors (Lipinski definition) is 2. The molecule has 2 N–H and O–H groups in total. The van der Waals surface area contributed by atoms with Crippen molar-refractivity contribution in [1.29, 1.82) is 0 Å². The van der Waals surface area contributed by atoms with Crippen LogP contribution in [0.15, 0.2) is 18.6 Å². The topological polar surface area (TPSA) is 84.8 Å².